The molecule has 1 N–H and O–H groups in total. The maximum absolute atomic E-state index is 10.2. The van der Waals surface area contributed by atoms with Gasteiger partial charge in [-0.25, -0.2) is 0 Å². The molecule has 0 aliphatic rings. The first-order valence-electron chi connectivity index (χ1n) is 2.90. The van der Waals surface area contributed by atoms with Crippen LogP contribution < -0.4 is 4.18 Å². The van der Waals surface area contributed by atoms with Crippen LogP contribution in [0.25, 0.3) is 0 Å². The van der Waals surface area contributed by atoms with Gasteiger partial charge >= 0.3 is 10.4 Å². The van der Waals surface area contributed by atoms with Gasteiger partial charge in [-0.3, -0.25) is 4.55 Å². The van der Waals surface area contributed by atoms with E-state index in [9.17, 15) is 8.42 Å². The van der Waals surface area contributed by atoms with Crippen LogP contribution in [0.15, 0.2) is 24.3 Å². The highest BCUT2D eigenvalue weighted by Crippen LogP contribution is 2.16. The van der Waals surface area contributed by atoms with Crippen molar-refractivity contribution in [2.24, 2.45) is 0 Å². The van der Waals surface area contributed by atoms with Crippen molar-refractivity contribution in [3.05, 3.63) is 29.3 Å². The fourth-order valence-corrected chi connectivity index (χ4v) is 1.09. The van der Waals surface area contributed by atoms with Gasteiger partial charge in [0.05, 0.1) is 0 Å². The molecule has 1 aromatic rings. The zero-order valence-corrected chi connectivity index (χ0v) is 7.34. The van der Waals surface area contributed by atoms with Crippen molar-refractivity contribution in [1.82, 2.24) is 0 Å². The molecule has 1 aromatic carbocycles. The highest BCUT2D eigenvalue weighted by Gasteiger charge is 2.05. The topological polar surface area (TPSA) is 63.6 Å². The largest absolute Gasteiger partial charge is 0.446 e. The molecule has 0 atom stereocenters. The van der Waals surface area contributed by atoms with Crippen LogP contribution in [0.3, 0.4) is 0 Å². The molecule has 4 nitrogen and oxygen atoms in total. The summed E-state index contributed by atoms with van der Waals surface area (Å²) in [4.78, 5) is 0. The standard InChI is InChI=1S/C6H5ClO4S/c7-5-1-3-6(4-2-5)11-12(8,9)10/h1-4H,(H,8,9,10). The lowest BCUT2D eigenvalue weighted by Crippen LogP contribution is -2.06. The Labute approximate surface area is 74.7 Å². The average Bonchev–Trinajstić information content (AvgIpc) is 1.91. The highest BCUT2D eigenvalue weighted by molar-refractivity contribution is 7.81. The lowest BCUT2D eigenvalue weighted by atomic mass is 10.3. The minimum atomic E-state index is -4.43. The summed E-state index contributed by atoms with van der Waals surface area (Å²) in [6.45, 7) is 0. The third-order valence-corrected chi connectivity index (χ3v) is 1.67. The summed E-state index contributed by atoms with van der Waals surface area (Å²) in [6.07, 6.45) is 0. The molecule has 0 amide bonds. The monoisotopic (exact) mass is 208 g/mol. The van der Waals surface area contributed by atoms with Gasteiger partial charge in [-0.05, 0) is 24.3 Å². The molecular formula is C6H5ClO4S. The van der Waals surface area contributed by atoms with E-state index >= 15 is 0 Å². The highest BCUT2D eigenvalue weighted by atomic mass is 35.5. The second kappa shape index (κ2) is 3.30. The van der Waals surface area contributed by atoms with Crippen molar-refractivity contribution in [2.45, 2.75) is 0 Å². The van der Waals surface area contributed by atoms with Crippen LogP contribution in [0, 0.1) is 0 Å². The van der Waals surface area contributed by atoms with Crippen LogP contribution >= 0.6 is 11.6 Å². The van der Waals surface area contributed by atoms with Gasteiger partial charge in [0, 0.05) is 5.02 Å². The maximum atomic E-state index is 10.2. The zero-order valence-electron chi connectivity index (χ0n) is 5.77. The fourth-order valence-electron chi connectivity index (χ4n) is 0.612. The van der Waals surface area contributed by atoms with Gasteiger partial charge in [0.25, 0.3) is 0 Å². The van der Waals surface area contributed by atoms with E-state index in [0.717, 1.165) is 0 Å². The molecule has 12 heavy (non-hydrogen) atoms. The smallest absolute Gasteiger partial charge is 0.362 e. The number of rotatable bonds is 2. The van der Waals surface area contributed by atoms with Crippen LogP contribution in [0.1, 0.15) is 0 Å². The van der Waals surface area contributed by atoms with E-state index in [1.54, 1.807) is 0 Å². The van der Waals surface area contributed by atoms with Crippen molar-refractivity contribution in [3.8, 4) is 5.75 Å². The van der Waals surface area contributed by atoms with Crippen molar-refractivity contribution < 1.29 is 17.2 Å². The van der Waals surface area contributed by atoms with Gasteiger partial charge in [-0.2, -0.15) is 8.42 Å². The van der Waals surface area contributed by atoms with E-state index in [1.165, 1.54) is 24.3 Å². The molecule has 0 aromatic heterocycles. The van der Waals surface area contributed by atoms with E-state index in [1.807, 2.05) is 0 Å². The Bertz CT molecular complexity index is 356. The lowest BCUT2D eigenvalue weighted by Gasteiger charge is -1.99. The quantitative estimate of drug-likeness (QED) is 0.749. The van der Waals surface area contributed by atoms with Crippen LogP contribution in [0.4, 0.5) is 0 Å². The first kappa shape index (κ1) is 9.31. The van der Waals surface area contributed by atoms with E-state index in [-0.39, 0.29) is 5.75 Å². The van der Waals surface area contributed by atoms with Gasteiger partial charge in [0.2, 0.25) is 0 Å². The van der Waals surface area contributed by atoms with Crippen LogP contribution in [0.2, 0.25) is 5.02 Å². The molecule has 0 saturated heterocycles. The molecule has 0 aliphatic carbocycles. The summed E-state index contributed by atoms with van der Waals surface area (Å²) in [5, 5.41) is 0.456. The van der Waals surface area contributed by atoms with Gasteiger partial charge < -0.3 is 4.18 Å². The van der Waals surface area contributed by atoms with Gasteiger partial charge in [0.1, 0.15) is 5.75 Å². The third-order valence-electron chi connectivity index (χ3n) is 1.02. The molecule has 0 unspecified atom stereocenters. The van der Waals surface area contributed by atoms with Crippen molar-refractivity contribution >= 4 is 22.0 Å². The van der Waals surface area contributed by atoms with E-state index in [0.29, 0.717) is 5.02 Å². The number of halogens is 1. The van der Waals surface area contributed by atoms with Gasteiger partial charge in [0.15, 0.2) is 0 Å². The molecule has 0 fully saturated rings. The SMILES string of the molecule is O=S(=O)(O)Oc1ccc(Cl)cc1. The first-order chi connectivity index (χ1) is 5.47. The molecule has 0 heterocycles. The Kier molecular flexibility index (Phi) is 2.56. The molecule has 66 valence electrons. The fraction of sp³-hybridized carbons (Fsp3) is 0. The Morgan fingerprint density at radius 2 is 1.75 bits per heavy atom. The molecule has 1 rings (SSSR count). The van der Waals surface area contributed by atoms with Crippen LogP contribution in [-0.2, 0) is 10.4 Å². The first-order valence-corrected chi connectivity index (χ1v) is 4.64. The lowest BCUT2D eigenvalue weighted by molar-refractivity contribution is 0.387. The second-order valence-electron chi connectivity index (χ2n) is 1.96. The summed E-state index contributed by atoms with van der Waals surface area (Å²) >= 11 is 5.52. The number of hydrogen-bond acceptors (Lipinski definition) is 3. The molecule has 6 heteroatoms. The summed E-state index contributed by atoms with van der Waals surface area (Å²) in [5.74, 6) is 0.0156. The Morgan fingerprint density at radius 3 is 2.17 bits per heavy atom. The molecule has 0 radical (unpaired) electrons. The summed E-state index contributed by atoms with van der Waals surface area (Å²) in [6, 6.07) is 5.55. The van der Waals surface area contributed by atoms with Gasteiger partial charge in [-0.15, -0.1) is 0 Å². The Hall–Kier alpha value is -0.780. The van der Waals surface area contributed by atoms with Crippen molar-refractivity contribution in [2.75, 3.05) is 0 Å². The predicted molar refractivity (Wildman–Crippen MR) is 43.6 cm³/mol. The Morgan fingerprint density at radius 1 is 1.25 bits per heavy atom. The summed E-state index contributed by atoms with van der Waals surface area (Å²) in [7, 11) is -4.43. The summed E-state index contributed by atoms with van der Waals surface area (Å²) < 4.78 is 32.8. The number of hydrogen-bond donors (Lipinski definition) is 1. The average molecular weight is 209 g/mol. The maximum Gasteiger partial charge on any atom is 0.446 e. The van der Waals surface area contributed by atoms with E-state index in [4.69, 9.17) is 16.2 Å². The molecule has 0 spiro atoms. The van der Waals surface area contributed by atoms with Crippen LogP contribution in [0.5, 0.6) is 5.75 Å². The molecular weight excluding hydrogens is 204 g/mol. The van der Waals surface area contributed by atoms with Crippen molar-refractivity contribution in [3.63, 3.8) is 0 Å². The molecule has 0 bridgehead atoms. The molecule has 0 aliphatic heterocycles. The zero-order chi connectivity index (χ0) is 9.19. The second-order valence-corrected chi connectivity index (χ2v) is 3.42. The van der Waals surface area contributed by atoms with E-state index < -0.39 is 10.4 Å². The minimum Gasteiger partial charge on any atom is -0.362 e. The summed E-state index contributed by atoms with van der Waals surface area (Å²) in [5.41, 5.74) is 0. The Balaban J connectivity index is 2.85. The molecule has 0 saturated carbocycles. The minimum absolute atomic E-state index is 0.0156. The van der Waals surface area contributed by atoms with Crippen molar-refractivity contribution in [1.29, 1.82) is 0 Å². The number of benzene rings is 1. The normalized spacial score (nSPS) is 11.2. The predicted octanol–water partition coefficient (Wildman–Crippen LogP) is 1.52. The van der Waals surface area contributed by atoms with Crippen LogP contribution in [-0.4, -0.2) is 13.0 Å². The van der Waals surface area contributed by atoms with E-state index in [2.05, 4.69) is 4.18 Å². The van der Waals surface area contributed by atoms with Gasteiger partial charge in [-0.1, -0.05) is 11.6 Å². The third kappa shape index (κ3) is 3.08.